The molecule has 0 bridgehead atoms. The van der Waals surface area contributed by atoms with E-state index in [1.54, 1.807) is 0 Å². The van der Waals surface area contributed by atoms with E-state index in [2.05, 4.69) is 23.5 Å². The van der Waals surface area contributed by atoms with Crippen molar-refractivity contribution in [2.45, 2.75) is 31.4 Å². The lowest BCUT2D eigenvalue weighted by Crippen LogP contribution is -2.45. The van der Waals surface area contributed by atoms with Crippen molar-refractivity contribution in [1.29, 1.82) is 0 Å². The van der Waals surface area contributed by atoms with Crippen LogP contribution in [0.25, 0.3) is 0 Å². The Balaban J connectivity index is 1.47. The molecule has 1 aliphatic carbocycles. The number of fused-ring (bicyclic) bond motifs is 2. The number of carbonyl (C=O) groups excluding carboxylic acids is 1. The highest BCUT2D eigenvalue weighted by Gasteiger charge is 2.30. The fourth-order valence-corrected chi connectivity index (χ4v) is 3.32. The molecule has 2 aliphatic rings. The zero-order valence-electron chi connectivity index (χ0n) is 12.8. The molecule has 0 fully saturated rings. The predicted octanol–water partition coefficient (Wildman–Crippen LogP) is 3.02. The minimum Gasteiger partial charge on any atom is -0.485 e. The molecule has 118 valence electrons. The van der Waals surface area contributed by atoms with Gasteiger partial charge in [0.15, 0.2) is 11.5 Å². The van der Waals surface area contributed by atoms with E-state index in [0.717, 1.165) is 19.3 Å². The van der Waals surface area contributed by atoms with Crippen molar-refractivity contribution >= 4 is 5.91 Å². The standard InChI is InChI=1S/C19H19NO3/c21-19(18-12-22-16-10-3-4-11-17(16)23-18)20-15-9-5-7-13-6-1-2-8-14(13)15/h1-4,6,8,10-11,15,18H,5,7,9,12H2,(H,20,21). The third-order valence-electron chi connectivity index (χ3n) is 4.49. The number of rotatable bonds is 2. The Hall–Kier alpha value is -2.49. The summed E-state index contributed by atoms with van der Waals surface area (Å²) in [4.78, 5) is 12.6. The van der Waals surface area contributed by atoms with Gasteiger partial charge < -0.3 is 14.8 Å². The lowest BCUT2D eigenvalue weighted by atomic mass is 9.87. The third-order valence-corrected chi connectivity index (χ3v) is 4.49. The highest BCUT2D eigenvalue weighted by Crippen LogP contribution is 2.32. The van der Waals surface area contributed by atoms with E-state index in [9.17, 15) is 4.79 Å². The number of hydrogen-bond acceptors (Lipinski definition) is 3. The second-order valence-electron chi connectivity index (χ2n) is 6.02. The van der Waals surface area contributed by atoms with Crippen LogP contribution in [-0.2, 0) is 11.2 Å². The van der Waals surface area contributed by atoms with Gasteiger partial charge in [0, 0.05) is 0 Å². The van der Waals surface area contributed by atoms with Gasteiger partial charge >= 0.3 is 0 Å². The molecule has 23 heavy (non-hydrogen) atoms. The van der Waals surface area contributed by atoms with Gasteiger partial charge in [-0.1, -0.05) is 36.4 Å². The van der Waals surface area contributed by atoms with Gasteiger partial charge in [-0.05, 0) is 42.5 Å². The molecule has 4 rings (SSSR count). The second-order valence-corrected chi connectivity index (χ2v) is 6.02. The monoisotopic (exact) mass is 309 g/mol. The molecule has 2 unspecified atom stereocenters. The summed E-state index contributed by atoms with van der Waals surface area (Å²) >= 11 is 0. The summed E-state index contributed by atoms with van der Waals surface area (Å²) in [6, 6.07) is 15.8. The van der Waals surface area contributed by atoms with Gasteiger partial charge in [0.25, 0.3) is 5.91 Å². The number of benzene rings is 2. The van der Waals surface area contributed by atoms with Crippen molar-refractivity contribution in [2.75, 3.05) is 6.61 Å². The fourth-order valence-electron chi connectivity index (χ4n) is 3.32. The van der Waals surface area contributed by atoms with Crippen LogP contribution in [0.15, 0.2) is 48.5 Å². The molecule has 2 aromatic carbocycles. The van der Waals surface area contributed by atoms with Crippen LogP contribution in [0.1, 0.15) is 30.0 Å². The molecule has 1 amide bonds. The van der Waals surface area contributed by atoms with E-state index < -0.39 is 6.10 Å². The summed E-state index contributed by atoms with van der Waals surface area (Å²) in [7, 11) is 0. The summed E-state index contributed by atoms with van der Waals surface area (Å²) in [6.45, 7) is 0.247. The number of aryl methyl sites for hydroxylation is 1. The first kappa shape index (κ1) is 14.1. The van der Waals surface area contributed by atoms with Crippen LogP contribution in [0.4, 0.5) is 0 Å². The Morgan fingerprint density at radius 1 is 1.04 bits per heavy atom. The number of carbonyl (C=O) groups is 1. The van der Waals surface area contributed by atoms with Gasteiger partial charge in [-0.2, -0.15) is 0 Å². The number of amides is 1. The summed E-state index contributed by atoms with van der Waals surface area (Å²) < 4.78 is 11.4. The fraction of sp³-hybridized carbons (Fsp3) is 0.316. The number of hydrogen-bond donors (Lipinski definition) is 1. The van der Waals surface area contributed by atoms with E-state index >= 15 is 0 Å². The Morgan fingerprint density at radius 3 is 2.74 bits per heavy atom. The van der Waals surface area contributed by atoms with E-state index in [1.807, 2.05) is 30.3 Å². The molecule has 0 saturated carbocycles. The molecule has 2 atom stereocenters. The molecule has 1 aliphatic heterocycles. The normalized spacial score (nSPS) is 22.1. The van der Waals surface area contributed by atoms with E-state index in [1.165, 1.54) is 11.1 Å². The smallest absolute Gasteiger partial charge is 0.265 e. The molecule has 1 N–H and O–H groups in total. The van der Waals surface area contributed by atoms with Crippen LogP contribution in [0, 0.1) is 0 Å². The van der Waals surface area contributed by atoms with Crippen LogP contribution in [0.5, 0.6) is 11.5 Å². The van der Waals surface area contributed by atoms with Gasteiger partial charge in [0.05, 0.1) is 6.04 Å². The van der Waals surface area contributed by atoms with Crippen molar-refractivity contribution < 1.29 is 14.3 Å². The zero-order chi connectivity index (χ0) is 15.6. The molecule has 0 saturated heterocycles. The minimum atomic E-state index is -0.598. The lowest BCUT2D eigenvalue weighted by Gasteiger charge is -2.30. The number of para-hydroxylation sites is 2. The molecule has 2 aromatic rings. The highest BCUT2D eigenvalue weighted by molar-refractivity contribution is 5.82. The summed E-state index contributed by atoms with van der Waals surface area (Å²) in [5, 5.41) is 3.13. The van der Waals surface area contributed by atoms with Gasteiger partial charge in [-0.15, -0.1) is 0 Å². The van der Waals surface area contributed by atoms with E-state index in [4.69, 9.17) is 9.47 Å². The first-order chi connectivity index (χ1) is 11.3. The van der Waals surface area contributed by atoms with Crippen molar-refractivity contribution in [1.82, 2.24) is 5.32 Å². The van der Waals surface area contributed by atoms with Crippen LogP contribution in [0.2, 0.25) is 0 Å². The lowest BCUT2D eigenvalue weighted by molar-refractivity contribution is -0.131. The Labute approximate surface area is 135 Å². The quantitative estimate of drug-likeness (QED) is 0.927. The number of ether oxygens (including phenoxy) is 2. The van der Waals surface area contributed by atoms with Crippen molar-refractivity contribution in [3.63, 3.8) is 0 Å². The first-order valence-electron chi connectivity index (χ1n) is 8.08. The topological polar surface area (TPSA) is 47.6 Å². The highest BCUT2D eigenvalue weighted by atomic mass is 16.6. The third kappa shape index (κ3) is 2.77. The van der Waals surface area contributed by atoms with Gasteiger partial charge in [-0.25, -0.2) is 0 Å². The maximum absolute atomic E-state index is 12.6. The van der Waals surface area contributed by atoms with Gasteiger partial charge in [-0.3, -0.25) is 4.79 Å². The van der Waals surface area contributed by atoms with Crippen molar-refractivity contribution in [2.24, 2.45) is 0 Å². The number of nitrogens with one attached hydrogen (secondary N) is 1. The maximum atomic E-state index is 12.6. The Morgan fingerprint density at radius 2 is 1.83 bits per heavy atom. The van der Waals surface area contributed by atoms with Gasteiger partial charge in [0.1, 0.15) is 6.61 Å². The average Bonchev–Trinajstić information content (AvgIpc) is 2.61. The SMILES string of the molecule is O=C(NC1CCCc2ccccc21)C1COc2ccccc2O1. The van der Waals surface area contributed by atoms with E-state index in [0.29, 0.717) is 11.5 Å². The molecule has 4 nitrogen and oxygen atoms in total. The van der Waals surface area contributed by atoms with E-state index in [-0.39, 0.29) is 18.6 Å². The van der Waals surface area contributed by atoms with Crippen LogP contribution in [-0.4, -0.2) is 18.6 Å². The maximum Gasteiger partial charge on any atom is 0.265 e. The summed E-state index contributed by atoms with van der Waals surface area (Å²) in [5.74, 6) is 1.21. The average molecular weight is 309 g/mol. The molecule has 0 spiro atoms. The Kier molecular flexibility index (Phi) is 3.66. The van der Waals surface area contributed by atoms with Crippen LogP contribution < -0.4 is 14.8 Å². The molecule has 4 heteroatoms. The van der Waals surface area contributed by atoms with Crippen molar-refractivity contribution in [3.05, 3.63) is 59.7 Å². The minimum absolute atomic E-state index is 0.0632. The first-order valence-corrected chi connectivity index (χ1v) is 8.08. The molecular weight excluding hydrogens is 290 g/mol. The van der Waals surface area contributed by atoms with Crippen molar-refractivity contribution in [3.8, 4) is 11.5 Å². The molecule has 0 aromatic heterocycles. The predicted molar refractivity (Wildman–Crippen MR) is 86.6 cm³/mol. The largest absolute Gasteiger partial charge is 0.485 e. The molecule has 0 radical (unpaired) electrons. The summed E-state index contributed by atoms with van der Waals surface area (Å²) in [5.41, 5.74) is 2.56. The second kappa shape index (κ2) is 5.95. The molecule has 1 heterocycles. The zero-order valence-corrected chi connectivity index (χ0v) is 12.8. The summed E-state index contributed by atoms with van der Waals surface area (Å²) in [6.07, 6.45) is 2.54. The van der Waals surface area contributed by atoms with Gasteiger partial charge in [0.2, 0.25) is 6.10 Å². The Bertz CT molecular complexity index is 728. The molecular formula is C19H19NO3. The van der Waals surface area contributed by atoms with Crippen LogP contribution >= 0.6 is 0 Å². The van der Waals surface area contributed by atoms with Crippen LogP contribution in [0.3, 0.4) is 0 Å².